The highest BCUT2D eigenvalue weighted by atomic mass is 16.5. The second kappa shape index (κ2) is 7.26. The van der Waals surface area contributed by atoms with Gasteiger partial charge in [0.05, 0.1) is 0 Å². The first kappa shape index (κ1) is 12.0. The quantitative estimate of drug-likeness (QED) is 0.663. The van der Waals surface area contributed by atoms with Crippen molar-refractivity contribution in [3.05, 3.63) is 29.8 Å². The second-order valence-corrected chi connectivity index (χ2v) is 3.28. The van der Waals surface area contributed by atoms with Gasteiger partial charge < -0.3 is 15.2 Å². The summed E-state index contributed by atoms with van der Waals surface area (Å²) in [5.74, 6) is 0.879. The topological polar surface area (TPSA) is 41.5 Å². The number of ether oxygens (including phenoxy) is 1. The van der Waals surface area contributed by atoms with Gasteiger partial charge in [-0.2, -0.15) is 0 Å². The van der Waals surface area contributed by atoms with Crippen LogP contribution in [-0.2, 0) is 6.42 Å². The highest BCUT2D eigenvalue weighted by molar-refractivity contribution is 5.33. The van der Waals surface area contributed by atoms with Gasteiger partial charge in [0, 0.05) is 13.2 Å². The lowest BCUT2D eigenvalue weighted by molar-refractivity contribution is 0.288. The van der Waals surface area contributed by atoms with E-state index < -0.39 is 0 Å². The van der Waals surface area contributed by atoms with Crippen molar-refractivity contribution in [3.8, 4) is 5.75 Å². The highest BCUT2D eigenvalue weighted by Crippen LogP contribution is 2.17. The number of aliphatic hydroxyl groups is 1. The molecular formula is C12H19NO2. The Morgan fingerprint density at radius 1 is 1.33 bits per heavy atom. The summed E-state index contributed by atoms with van der Waals surface area (Å²) in [6.07, 6.45) is 0.650. The number of rotatable bonds is 7. The lowest BCUT2D eigenvalue weighted by atomic mass is 10.1. The molecule has 1 aromatic carbocycles. The number of benzene rings is 1. The Hall–Kier alpha value is -1.06. The normalized spacial score (nSPS) is 10.3. The average Bonchev–Trinajstić information content (AvgIpc) is 2.27. The van der Waals surface area contributed by atoms with Crippen molar-refractivity contribution >= 4 is 0 Å². The van der Waals surface area contributed by atoms with Crippen molar-refractivity contribution in [2.75, 3.05) is 26.3 Å². The molecule has 0 saturated carbocycles. The van der Waals surface area contributed by atoms with Crippen LogP contribution in [0.15, 0.2) is 24.3 Å². The van der Waals surface area contributed by atoms with Crippen molar-refractivity contribution in [2.24, 2.45) is 0 Å². The molecule has 0 heterocycles. The van der Waals surface area contributed by atoms with Crippen LogP contribution in [0.1, 0.15) is 12.5 Å². The van der Waals surface area contributed by atoms with Gasteiger partial charge in [-0.1, -0.05) is 25.1 Å². The molecule has 0 spiro atoms. The summed E-state index contributed by atoms with van der Waals surface area (Å²) in [6, 6.07) is 7.83. The first-order chi connectivity index (χ1) is 7.38. The van der Waals surface area contributed by atoms with E-state index in [0.717, 1.165) is 24.4 Å². The predicted octanol–water partition coefficient (Wildman–Crippen LogP) is 1.21. The van der Waals surface area contributed by atoms with Crippen molar-refractivity contribution < 1.29 is 9.84 Å². The lowest BCUT2D eigenvalue weighted by Crippen LogP contribution is -2.20. The zero-order valence-electron chi connectivity index (χ0n) is 9.20. The summed E-state index contributed by atoms with van der Waals surface area (Å²) < 4.78 is 5.62. The Kier molecular flexibility index (Phi) is 5.81. The minimum absolute atomic E-state index is 0.160. The first-order valence-electron chi connectivity index (χ1n) is 5.40. The van der Waals surface area contributed by atoms with E-state index in [9.17, 15) is 0 Å². The summed E-state index contributed by atoms with van der Waals surface area (Å²) in [6.45, 7) is 4.70. The highest BCUT2D eigenvalue weighted by Gasteiger charge is 2.01. The molecule has 0 aliphatic heterocycles. The van der Waals surface area contributed by atoms with Crippen molar-refractivity contribution in [1.29, 1.82) is 0 Å². The van der Waals surface area contributed by atoms with Gasteiger partial charge in [-0.3, -0.25) is 0 Å². The summed E-state index contributed by atoms with van der Waals surface area (Å²) in [4.78, 5) is 0. The van der Waals surface area contributed by atoms with Gasteiger partial charge in [0.25, 0.3) is 0 Å². The van der Waals surface area contributed by atoms with Gasteiger partial charge in [0.15, 0.2) is 0 Å². The molecule has 0 aliphatic rings. The fourth-order valence-corrected chi connectivity index (χ4v) is 1.38. The van der Waals surface area contributed by atoms with E-state index in [0.29, 0.717) is 13.0 Å². The summed E-state index contributed by atoms with van der Waals surface area (Å²) >= 11 is 0. The van der Waals surface area contributed by atoms with Gasteiger partial charge in [-0.25, -0.2) is 0 Å². The zero-order chi connectivity index (χ0) is 10.9. The minimum atomic E-state index is 0.160. The Bertz CT molecular complexity index is 276. The van der Waals surface area contributed by atoms with Crippen LogP contribution in [0, 0.1) is 0 Å². The summed E-state index contributed by atoms with van der Waals surface area (Å²) in [5.41, 5.74) is 1.07. The molecule has 2 N–H and O–H groups in total. The molecule has 3 heteroatoms. The maximum Gasteiger partial charge on any atom is 0.122 e. The fraction of sp³-hybridized carbons (Fsp3) is 0.500. The standard InChI is InChI=1S/C12H19NO2/c1-2-13-8-10-15-12-6-4-3-5-11(12)7-9-14/h3-6,13-14H,2,7-10H2,1H3. The van der Waals surface area contributed by atoms with E-state index in [2.05, 4.69) is 12.2 Å². The van der Waals surface area contributed by atoms with Crippen molar-refractivity contribution in [2.45, 2.75) is 13.3 Å². The predicted molar refractivity (Wildman–Crippen MR) is 61.3 cm³/mol. The average molecular weight is 209 g/mol. The molecule has 0 bridgehead atoms. The maximum absolute atomic E-state index is 8.89. The molecule has 0 amide bonds. The molecule has 0 aromatic heterocycles. The molecular weight excluding hydrogens is 190 g/mol. The van der Waals surface area contributed by atoms with Gasteiger partial charge in [0.2, 0.25) is 0 Å². The van der Waals surface area contributed by atoms with Crippen LogP contribution < -0.4 is 10.1 Å². The number of para-hydroxylation sites is 1. The Labute approximate surface area is 91.1 Å². The molecule has 0 saturated heterocycles. The zero-order valence-corrected chi connectivity index (χ0v) is 9.20. The van der Waals surface area contributed by atoms with Gasteiger partial charge in [0.1, 0.15) is 12.4 Å². The minimum Gasteiger partial charge on any atom is -0.492 e. The Balaban J connectivity index is 2.44. The van der Waals surface area contributed by atoms with Crippen LogP contribution in [-0.4, -0.2) is 31.4 Å². The van der Waals surface area contributed by atoms with Gasteiger partial charge in [-0.15, -0.1) is 0 Å². The van der Waals surface area contributed by atoms with Gasteiger partial charge in [-0.05, 0) is 24.6 Å². The van der Waals surface area contributed by atoms with Crippen LogP contribution in [0.3, 0.4) is 0 Å². The molecule has 1 rings (SSSR count). The van der Waals surface area contributed by atoms with E-state index in [-0.39, 0.29) is 6.61 Å². The molecule has 84 valence electrons. The Morgan fingerprint density at radius 3 is 2.87 bits per heavy atom. The van der Waals surface area contributed by atoms with E-state index in [1.807, 2.05) is 24.3 Å². The van der Waals surface area contributed by atoms with E-state index in [1.54, 1.807) is 0 Å². The summed E-state index contributed by atoms with van der Waals surface area (Å²) in [7, 11) is 0. The van der Waals surface area contributed by atoms with Crippen molar-refractivity contribution in [1.82, 2.24) is 5.32 Å². The molecule has 0 aliphatic carbocycles. The third-order valence-electron chi connectivity index (χ3n) is 2.14. The maximum atomic E-state index is 8.89. The summed E-state index contributed by atoms with van der Waals surface area (Å²) in [5, 5.41) is 12.1. The second-order valence-electron chi connectivity index (χ2n) is 3.28. The third kappa shape index (κ3) is 4.32. The molecule has 0 fully saturated rings. The van der Waals surface area contributed by atoms with E-state index >= 15 is 0 Å². The SMILES string of the molecule is CCNCCOc1ccccc1CCO. The number of hydrogen-bond acceptors (Lipinski definition) is 3. The molecule has 1 aromatic rings. The number of likely N-dealkylation sites (N-methyl/N-ethyl adjacent to an activating group) is 1. The number of nitrogens with one attached hydrogen (secondary N) is 1. The van der Waals surface area contributed by atoms with Crippen LogP contribution in [0.4, 0.5) is 0 Å². The molecule has 15 heavy (non-hydrogen) atoms. The lowest BCUT2D eigenvalue weighted by Gasteiger charge is -2.10. The van der Waals surface area contributed by atoms with Crippen LogP contribution in [0.2, 0.25) is 0 Å². The first-order valence-corrected chi connectivity index (χ1v) is 5.40. The van der Waals surface area contributed by atoms with E-state index in [4.69, 9.17) is 9.84 Å². The monoisotopic (exact) mass is 209 g/mol. The smallest absolute Gasteiger partial charge is 0.122 e. The largest absolute Gasteiger partial charge is 0.492 e. The van der Waals surface area contributed by atoms with Crippen LogP contribution in [0.5, 0.6) is 5.75 Å². The molecule has 3 nitrogen and oxygen atoms in total. The molecule has 0 radical (unpaired) electrons. The van der Waals surface area contributed by atoms with Gasteiger partial charge >= 0.3 is 0 Å². The van der Waals surface area contributed by atoms with E-state index in [1.165, 1.54) is 0 Å². The van der Waals surface area contributed by atoms with Crippen LogP contribution in [0.25, 0.3) is 0 Å². The Morgan fingerprint density at radius 2 is 2.13 bits per heavy atom. The molecule has 0 atom stereocenters. The third-order valence-corrected chi connectivity index (χ3v) is 2.14. The molecule has 0 unspecified atom stereocenters. The number of hydrogen-bond donors (Lipinski definition) is 2. The van der Waals surface area contributed by atoms with Crippen LogP contribution >= 0.6 is 0 Å². The number of aliphatic hydroxyl groups excluding tert-OH is 1. The van der Waals surface area contributed by atoms with Crippen molar-refractivity contribution in [3.63, 3.8) is 0 Å². The fourth-order valence-electron chi connectivity index (χ4n) is 1.38.